The number of hydrogen-bond donors (Lipinski definition) is 3. The van der Waals surface area contributed by atoms with Crippen LogP contribution in [0.15, 0.2) is 95.7 Å². The highest BCUT2D eigenvalue weighted by molar-refractivity contribution is 7.90. The minimum Gasteiger partial charge on any atom is -0.453 e. The quantitative estimate of drug-likeness (QED) is 0.0521. The Hall–Kier alpha value is -6.02. The van der Waals surface area contributed by atoms with E-state index in [0.717, 1.165) is 73.6 Å². The lowest BCUT2D eigenvalue weighted by atomic mass is 9.72. The van der Waals surface area contributed by atoms with Gasteiger partial charge in [0.05, 0.1) is 46.0 Å². The number of benzene rings is 3. The number of anilines is 2. The van der Waals surface area contributed by atoms with E-state index >= 15 is 0 Å². The first kappa shape index (κ1) is 46.5. The number of allylic oxidation sites excluding steroid dienone is 1. The Kier molecular flexibility index (Phi) is 13.7. The Labute approximate surface area is 381 Å². The van der Waals surface area contributed by atoms with Crippen molar-refractivity contribution in [2.75, 3.05) is 82.3 Å². The zero-order chi connectivity index (χ0) is 46.6. The van der Waals surface area contributed by atoms with Crippen LogP contribution in [0, 0.1) is 15.5 Å². The van der Waals surface area contributed by atoms with Crippen molar-refractivity contribution < 1.29 is 40.8 Å². The third-order valence-corrected chi connectivity index (χ3v) is 13.8. The number of rotatable bonds is 15. The number of carbonyl (C=O) groups is 1. The predicted octanol–water partition coefficient (Wildman–Crippen LogP) is 8.32. The molecule has 2 fully saturated rings. The number of para-hydroxylation sites is 1. The maximum absolute atomic E-state index is 14.1. The standard InChI is InChI=1S/C47H53F3N8O7S/c1-46(2)15-13-34(39(29-46)32-7-9-35(10-8-32)47(48,49)50)31-56-19-21-57(22-20-56)41-6-3-5-38(43(41)65-36-27-33-14-17-52-44(33)53-30-36)45(59)54-66(62,63)37-11-12-40(42(28-37)58(60)61)51-16-4-18-55-23-25-64-26-24-55/h3,5-12,14,17,27-28,30,51H,4,13,15-16,18-26,29,31H2,1-2H3,(H,52,53)(H,54,59). The van der Waals surface area contributed by atoms with Crippen molar-refractivity contribution in [3.63, 3.8) is 0 Å². The highest BCUT2D eigenvalue weighted by Gasteiger charge is 2.33. The smallest absolute Gasteiger partial charge is 0.416 e. The Morgan fingerprint density at radius 2 is 1.74 bits per heavy atom. The van der Waals surface area contributed by atoms with Crippen LogP contribution in [-0.2, 0) is 20.9 Å². The van der Waals surface area contributed by atoms with Crippen LogP contribution >= 0.6 is 0 Å². The Morgan fingerprint density at radius 3 is 2.47 bits per heavy atom. The van der Waals surface area contributed by atoms with E-state index in [1.165, 1.54) is 30.0 Å². The molecule has 3 aliphatic rings. The molecule has 2 saturated heterocycles. The molecule has 0 saturated carbocycles. The summed E-state index contributed by atoms with van der Waals surface area (Å²) in [6.45, 7) is 11.4. The number of sulfonamides is 1. The number of carbonyl (C=O) groups excluding carboxylic acids is 1. The summed E-state index contributed by atoms with van der Waals surface area (Å²) in [6.07, 6.45) is 2.04. The van der Waals surface area contributed by atoms with Gasteiger partial charge in [-0.1, -0.05) is 37.6 Å². The van der Waals surface area contributed by atoms with Crippen molar-refractivity contribution in [2.24, 2.45) is 5.41 Å². The molecule has 0 unspecified atom stereocenters. The number of fused-ring (bicyclic) bond motifs is 1. The van der Waals surface area contributed by atoms with Gasteiger partial charge in [-0.05, 0) is 97.3 Å². The van der Waals surface area contributed by atoms with Gasteiger partial charge in [0.2, 0.25) is 0 Å². The van der Waals surface area contributed by atoms with Crippen LogP contribution in [0.2, 0.25) is 0 Å². The van der Waals surface area contributed by atoms with E-state index in [4.69, 9.17) is 9.47 Å². The number of nitrogens with zero attached hydrogens (tertiary/aromatic N) is 5. The fraction of sp³-hybridized carbons (Fsp3) is 0.404. The second-order valence-corrected chi connectivity index (χ2v) is 19.4. The van der Waals surface area contributed by atoms with Gasteiger partial charge in [-0.25, -0.2) is 18.1 Å². The lowest BCUT2D eigenvalue weighted by Crippen LogP contribution is -2.47. The fourth-order valence-electron chi connectivity index (χ4n) is 8.81. The van der Waals surface area contributed by atoms with Gasteiger partial charge in [0.15, 0.2) is 5.75 Å². The summed E-state index contributed by atoms with van der Waals surface area (Å²) in [5, 5.41) is 15.9. The Bertz CT molecular complexity index is 2710. The summed E-state index contributed by atoms with van der Waals surface area (Å²) in [5.74, 6) is -0.603. The molecule has 8 rings (SSSR count). The normalized spacial score (nSPS) is 17.5. The lowest BCUT2D eigenvalue weighted by molar-refractivity contribution is -0.384. The number of pyridine rings is 1. The molecular formula is C47H53F3N8O7S. The third kappa shape index (κ3) is 11.0. The molecule has 350 valence electrons. The summed E-state index contributed by atoms with van der Waals surface area (Å²) in [5.41, 5.74) is 3.18. The third-order valence-electron chi connectivity index (χ3n) is 12.5. The number of halogens is 3. The van der Waals surface area contributed by atoms with Crippen LogP contribution in [0.3, 0.4) is 0 Å². The number of aromatic amines is 1. The molecule has 4 heterocycles. The molecule has 2 aromatic heterocycles. The monoisotopic (exact) mass is 930 g/mol. The molecule has 66 heavy (non-hydrogen) atoms. The number of nitrogens with one attached hydrogen (secondary N) is 3. The number of alkyl halides is 3. The van der Waals surface area contributed by atoms with E-state index in [2.05, 4.69) is 48.6 Å². The molecule has 3 aromatic carbocycles. The van der Waals surface area contributed by atoms with E-state index < -0.39 is 43.2 Å². The molecule has 0 radical (unpaired) electrons. The van der Waals surface area contributed by atoms with E-state index in [1.807, 2.05) is 6.07 Å². The van der Waals surface area contributed by atoms with Crippen molar-refractivity contribution >= 4 is 49.6 Å². The topological polar surface area (TPSA) is 175 Å². The molecular weight excluding hydrogens is 878 g/mol. The van der Waals surface area contributed by atoms with E-state index in [-0.39, 0.29) is 22.4 Å². The largest absolute Gasteiger partial charge is 0.453 e. The first-order valence-corrected chi connectivity index (χ1v) is 23.5. The summed E-state index contributed by atoms with van der Waals surface area (Å²) >= 11 is 0. The SMILES string of the molecule is CC1(C)CCC(CN2CCN(c3cccc(C(=O)NS(=O)(=O)c4ccc(NCCCN5CCOCC5)c([N+](=O)[O-])c4)c3Oc3cnc4[nH]ccc4c3)CC2)=C(c2ccc(C(F)(F)F)cc2)C1. The van der Waals surface area contributed by atoms with Crippen LogP contribution in [0.25, 0.3) is 16.6 Å². The highest BCUT2D eigenvalue weighted by atomic mass is 32.2. The van der Waals surface area contributed by atoms with Gasteiger partial charge in [-0.2, -0.15) is 13.2 Å². The predicted molar refractivity (Wildman–Crippen MR) is 245 cm³/mol. The van der Waals surface area contributed by atoms with Gasteiger partial charge in [0.1, 0.15) is 17.1 Å². The molecule has 19 heteroatoms. The second-order valence-electron chi connectivity index (χ2n) is 17.7. The number of hydrogen-bond acceptors (Lipinski definition) is 12. The molecule has 1 aliphatic carbocycles. The van der Waals surface area contributed by atoms with Crippen molar-refractivity contribution in [2.45, 2.75) is 50.6 Å². The van der Waals surface area contributed by atoms with E-state index in [0.29, 0.717) is 76.0 Å². The molecule has 3 N–H and O–H groups in total. The Morgan fingerprint density at radius 1 is 0.985 bits per heavy atom. The maximum atomic E-state index is 14.1. The lowest BCUT2D eigenvalue weighted by Gasteiger charge is -2.39. The summed E-state index contributed by atoms with van der Waals surface area (Å²) in [4.78, 5) is 39.2. The van der Waals surface area contributed by atoms with Crippen molar-refractivity contribution in [1.29, 1.82) is 0 Å². The number of amides is 1. The van der Waals surface area contributed by atoms with Crippen LogP contribution in [0.1, 0.15) is 61.0 Å². The van der Waals surface area contributed by atoms with E-state index in [1.54, 1.807) is 36.5 Å². The molecule has 5 aromatic rings. The average molecular weight is 931 g/mol. The number of piperazine rings is 1. The van der Waals surface area contributed by atoms with Gasteiger partial charge in [0, 0.05) is 70.0 Å². The van der Waals surface area contributed by atoms with Crippen molar-refractivity contribution in [3.8, 4) is 11.5 Å². The van der Waals surface area contributed by atoms with Crippen LogP contribution in [0.5, 0.6) is 11.5 Å². The number of aromatic nitrogens is 2. The summed E-state index contributed by atoms with van der Waals surface area (Å²) in [7, 11) is -4.63. The summed E-state index contributed by atoms with van der Waals surface area (Å²) in [6, 6.07) is 17.4. The number of H-pyrrole nitrogens is 1. The Balaban J connectivity index is 1.01. The fourth-order valence-corrected chi connectivity index (χ4v) is 9.79. The number of ether oxygens (including phenoxy) is 2. The van der Waals surface area contributed by atoms with Gasteiger partial charge >= 0.3 is 6.18 Å². The zero-order valence-electron chi connectivity index (χ0n) is 36.8. The minimum absolute atomic E-state index is 0.00227. The summed E-state index contributed by atoms with van der Waals surface area (Å²) < 4.78 is 81.8. The number of morpholine rings is 1. The number of nitro groups is 1. The van der Waals surface area contributed by atoms with Gasteiger partial charge in [-0.3, -0.25) is 24.7 Å². The van der Waals surface area contributed by atoms with Crippen molar-refractivity contribution in [1.82, 2.24) is 24.5 Å². The molecule has 15 nitrogen and oxygen atoms in total. The molecule has 2 aliphatic heterocycles. The van der Waals surface area contributed by atoms with Crippen LogP contribution < -0.4 is 19.7 Å². The van der Waals surface area contributed by atoms with E-state index in [9.17, 15) is 36.5 Å². The highest BCUT2D eigenvalue weighted by Crippen LogP contribution is 2.44. The van der Waals surface area contributed by atoms with Crippen LogP contribution in [0.4, 0.5) is 30.2 Å². The first-order valence-electron chi connectivity index (χ1n) is 22.0. The van der Waals surface area contributed by atoms with Crippen LogP contribution in [-0.4, -0.2) is 111 Å². The average Bonchev–Trinajstić information content (AvgIpc) is 3.77. The molecule has 0 bridgehead atoms. The maximum Gasteiger partial charge on any atom is 0.416 e. The molecule has 1 amide bonds. The van der Waals surface area contributed by atoms with Gasteiger partial charge in [-0.15, -0.1) is 0 Å². The number of nitro benzene ring substituents is 1. The molecule has 0 atom stereocenters. The molecule has 0 spiro atoms. The van der Waals surface area contributed by atoms with Crippen molar-refractivity contribution in [3.05, 3.63) is 118 Å². The minimum atomic E-state index is -4.63. The second kappa shape index (κ2) is 19.4. The van der Waals surface area contributed by atoms with Gasteiger partial charge < -0.3 is 24.7 Å². The first-order chi connectivity index (χ1) is 31.5. The zero-order valence-corrected chi connectivity index (χ0v) is 37.6. The van der Waals surface area contributed by atoms with Gasteiger partial charge in [0.25, 0.3) is 21.6 Å².